The Hall–Kier alpha value is -0.840. The maximum absolute atomic E-state index is 5.76. The van der Waals surface area contributed by atoms with Crippen molar-refractivity contribution in [2.75, 3.05) is 32.9 Å². The van der Waals surface area contributed by atoms with E-state index in [-0.39, 0.29) is 17.8 Å². The standard InChI is InChI=1S/C12H16N2O2.ClH/c1-2-4-14-11(3-1)16-9-12-7-13-5-10(12)6-15-8-12;/h1-4,10,13H,5-9H2;1H/t10-,12+;/m0./s1. The maximum Gasteiger partial charge on any atom is 0.213 e. The van der Waals surface area contributed by atoms with E-state index in [9.17, 15) is 0 Å². The minimum Gasteiger partial charge on any atom is -0.477 e. The molecule has 17 heavy (non-hydrogen) atoms. The molecule has 94 valence electrons. The molecule has 1 aromatic heterocycles. The van der Waals surface area contributed by atoms with Gasteiger partial charge >= 0.3 is 0 Å². The molecule has 0 bridgehead atoms. The first-order chi connectivity index (χ1) is 7.89. The number of pyridine rings is 1. The average molecular weight is 257 g/mol. The van der Waals surface area contributed by atoms with E-state index in [1.807, 2.05) is 18.2 Å². The summed E-state index contributed by atoms with van der Waals surface area (Å²) < 4.78 is 11.3. The Morgan fingerprint density at radius 3 is 3.29 bits per heavy atom. The lowest BCUT2D eigenvalue weighted by Crippen LogP contribution is -2.36. The number of rotatable bonds is 3. The van der Waals surface area contributed by atoms with Crippen molar-refractivity contribution in [1.82, 2.24) is 10.3 Å². The van der Waals surface area contributed by atoms with Crippen LogP contribution in [0.25, 0.3) is 0 Å². The zero-order valence-corrected chi connectivity index (χ0v) is 10.4. The van der Waals surface area contributed by atoms with Crippen molar-refractivity contribution in [3.05, 3.63) is 24.4 Å². The molecule has 2 saturated heterocycles. The molecular weight excluding hydrogens is 240 g/mol. The maximum atomic E-state index is 5.76. The van der Waals surface area contributed by atoms with Crippen LogP contribution in [0.15, 0.2) is 24.4 Å². The molecular formula is C12H17ClN2O2. The van der Waals surface area contributed by atoms with Crippen molar-refractivity contribution in [2.45, 2.75) is 0 Å². The Balaban J connectivity index is 0.00000108. The highest BCUT2D eigenvalue weighted by molar-refractivity contribution is 5.85. The van der Waals surface area contributed by atoms with E-state index in [1.54, 1.807) is 6.20 Å². The largest absolute Gasteiger partial charge is 0.477 e. The molecule has 4 nitrogen and oxygen atoms in total. The Kier molecular flexibility index (Phi) is 3.86. The van der Waals surface area contributed by atoms with Gasteiger partial charge in [-0.25, -0.2) is 4.98 Å². The quantitative estimate of drug-likeness (QED) is 0.880. The van der Waals surface area contributed by atoms with Gasteiger partial charge in [-0.2, -0.15) is 0 Å². The Morgan fingerprint density at radius 2 is 2.47 bits per heavy atom. The first-order valence-electron chi connectivity index (χ1n) is 5.71. The van der Waals surface area contributed by atoms with Crippen LogP contribution >= 0.6 is 12.4 Å². The van der Waals surface area contributed by atoms with Gasteiger partial charge in [-0.15, -0.1) is 12.4 Å². The van der Waals surface area contributed by atoms with Gasteiger partial charge in [-0.1, -0.05) is 6.07 Å². The summed E-state index contributed by atoms with van der Waals surface area (Å²) in [6, 6.07) is 5.73. The number of hydrogen-bond acceptors (Lipinski definition) is 4. The molecule has 2 aliphatic rings. The second-order valence-electron chi connectivity index (χ2n) is 4.66. The third kappa shape index (κ3) is 2.39. The van der Waals surface area contributed by atoms with Crippen LogP contribution < -0.4 is 10.1 Å². The summed E-state index contributed by atoms with van der Waals surface area (Å²) >= 11 is 0. The number of ether oxygens (including phenoxy) is 2. The zero-order chi connectivity index (χ0) is 10.8. The van der Waals surface area contributed by atoms with Gasteiger partial charge in [0.2, 0.25) is 5.88 Å². The second kappa shape index (κ2) is 5.21. The lowest BCUT2D eigenvalue weighted by atomic mass is 9.82. The number of fused-ring (bicyclic) bond motifs is 1. The summed E-state index contributed by atoms with van der Waals surface area (Å²) in [5, 5.41) is 3.42. The van der Waals surface area contributed by atoms with Crippen molar-refractivity contribution in [3.8, 4) is 5.88 Å². The van der Waals surface area contributed by atoms with E-state index in [2.05, 4.69) is 10.3 Å². The van der Waals surface area contributed by atoms with Gasteiger partial charge in [0.05, 0.1) is 19.8 Å². The fourth-order valence-electron chi connectivity index (χ4n) is 2.53. The first kappa shape index (κ1) is 12.6. The van der Waals surface area contributed by atoms with E-state index < -0.39 is 0 Å². The lowest BCUT2D eigenvalue weighted by molar-refractivity contribution is 0.106. The minimum absolute atomic E-state index is 0. The Morgan fingerprint density at radius 1 is 1.53 bits per heavy atom. The van der Waals surface area contributed by atoms with E-state index in [4.69, 9.17) is 9.47 Å². The summed E-state index contributed by atoms with van der Waals surface area (Å²) in [5.74, 6) is 1.30. The molecule has 0 radical (unpaired) electrons. The summed E-state index contributed by atoms with van der Waals surface area (Å²) in [7, 11) is 0. The minimum atomic E-state index is 0. The van der Waals surface area contributed by atoms with E-state index in [1.165, 1.54) is 0 Å². The van der Waals surface area contributed by atoms with Gasteiger partial charge in [0.25, 0.3) is 0 Å². The lowest BCUT2D eigenvalue weighted by Gasteiger charge is -2.25. The number of hydrogen-bond donors (Lipinski definition) is 1. The number of nitrogens with zero attached hydrogens (tertiary/aromatic N) is 1. The fraction of sp³-hybridized carbons (Fsp3) is 0.583. The summed E-state index contributed by atoms with van der Waals surface area (Å²) in [6.07, 6.45) is 1.75. The molecule has 0 spiro atoms. The molecule has 0 saturated carbocycles. The van der Waals surface area contributed by atoms with Crippen molar-refractivity contribution in [1.29, 1.82) is 0 Å². The fourth-order valence-corrected chi connectivity index (χ4v) is 2.53. The molecule has 0 unspecified atom stereocenters. The van der Waals surface area contributed by atoms with E-state index in [0.717, 1.165) is 26.3 Å². The molecule has 3 rings (SSSR count). The highest BCUT2D eigenvalue weighted by Crippen LogP contribution is 2.37. The zero-order valence-electron chi connectivity index (χ0n) is 9.59. The molecule has 3 heterocycles. The van der Waals surface area contributed by atoms with Crippen molar-refractivity contribution in [3.63, 3.8) is 0 Å². The first-order valence-corrected chi connectivity index (χ1v) is 5.71. The highest BCUT2D eigenvalue weighted by Gasteiger charge is 2.48. The van der Waals surface area contributed by atoms with Crippen LogP contribution in [0.4, 0.5) is 0 Å². The van der Waals surface area contributed by atoms with Crippen LogP contribution in [-0.4, -0.2) is 37.9 Å². The van der Waals surface area contributed by atoms with Crippen molar-refractivity contribution >= 4 is 12.4 Å². The SMILES string of the molecule is Cl.c1ccc(OC[C@]23CNC[C@H]2COC3)nc1. The van der Waals surface area contributed by atoms with Gasteiger partial charge < -0.3 is 14.8 Å². The molecule has 0 amide bonds. The molecule has 5 heteroatoms. The van der Waals surface area contributed by atoms with Gasteiger partial charge in [-0.3, -0.25) is 0 Å². The average Bonchev–Trinajstić information content (AvgIpc) is 2.87. The molecule has 1 N–H and O–H groups in total. The predicted octanol–water partition coefficient (Wildman–Crippen LogP) is 1.12. The number of halogens is 1. The van der Waals surface area contributed by atoms with E-state index in [0.29, 0.717) is 18.4 Å². The molecule has 2 fully saturated rings. The predicted molar refractivity (Wildman–Crippen MR) is 66.6 cm³/mol. The van der Waals surface area contributed by atoms with Gasteiger partial charge in [0, 0.05) is 36.7 Å². The van der Waals surface area contributed by atoms with Gasteiger partial charge in [0.15, 0.2) is 0 Å². The number of aromatic nitrogens is 1. The third-order valence-electron chi connectivity index (χ3n) is 3.59. The number of nitrogens with one attached hydrogen (secondary N) is 1. The Labute approximate surface area is 107 Å². The van der Waals surface area contributed by atoms with Gasteiger partial charge in [0.1, 0.15) is 0 Å². The highest BCUT2D eigenvalue weighted by atomic mass is 35.5. The molecule has 2 atom stereocenters. The topological polar surface area (TPSA) is 43.4 Å². The van der Waals surface area contributed by atoms with Crippen LogP contribution in [0, 0.1) is 11.3 Å². The van der Waals surface area contributed by atoms with Crippen LogP contribution in [0.2, 0.25) is 0 Å². The summed E-state index contributed by atoms with van der Waals surface area (Å²) in [6.45, 7) is 4.40. The molecule has 2 aliphatic heterocycles. The second-order valence-corrected chi connectivity index (χ2v) is 4.66. The molecule has 1 aromatic rings. The van der Waals surface area contributed by atoms with Gasteiger partial charge in [-0.05, 0) is 6.07 Å². The van der Waals surface area contributed by atoms with Crippen LogP contribution in [-0.2, 0) is 4.74 Å². The third-order valence-corrected chi connectivity index (χ3v) is 3.59. The van der Waals surface area contributed by atoms with Crippen LogP contribution in [0.3, 0.4) is 0 Å². The monoisotopic (exact) mass is 256 g/mol. The van der Waals surface area contributed by atoms with Crippen LogP contribution in [0.5, 0.6) is 5.88 Å². The van der Waals surface area contributed by atoms with Crippen molar-refractivity contribution < 1.29 is 9.47 Å². The normalized spacial score (nSPS) is 30.7. The Bertz CT molecular complexity index is 351. The summed E-state index contributed by atoms with van der Waals surface area (Å²) in [4.78, 5) is 4.17. The van der Waals surface area contributed by atoms with E-state index >= 15 is 0 Å². The summed E-state index contributed by atoms with van der Waals surface area (Å²) in [5.41, 5.74) is 0.164. The van der Waals surface area contributed by atoms with Crippen LogP contribution in [0.1, 0.15) is 0 Å². The van der Waals surface area contributed by atoms with Crippen molar-refractivity contribution in [2.24, 2.45) is 11.3 Å². The molecule has 0 aromatic carbocycles. The smallest absolute Gasteiger partial charge is 0.213 e. The molecule has 0 aliphatic carbocycles.